The van der Waals surface area contributed by atoms with E-state index in [9.17, 15) is 4.79 Å². The molecule has 1 heterocycles. The van der Waals surface area contributed by atoms with E-state index in [0.717, 1.165) is 16.3 Å². The van der Waals surface area contributed by atoms with Gasteiger partial charge in [-0.05, 0) is 16.3 Å². The fourth-order valence-electron chi connectivity index (χ4n) is 3.15. The van der Waals surface area contributed by atoms with Crippen LogP contribution in [0.5, 0.6) is 0 Å². The van der Waals surface area contributed by atoms with Gasteiger partial charge in [-0.25, -0.2) is 0 Å². The van der Waals surface area contributed by atoms with E-state index in [0.29, 0.717) is 5.56 Å². The highest BCUT2D eigenvalue weighted by molar-refractivity contribution is 6.12. The normalized spacial score (nSPS) is 20.7. The number of carbonyl (C=O) groups is 1. The summed E-state index contributed by atoms with van der Waals surface area (Å²) in [6.45, 7) is 0.366. The van der Waals surface area contributed by atoms with Gasteiger partial charge in [0, 0.05) is 5.56 Å². The Morgan fingerprint density at radius 2 is 1.61 bits per heavy atom. The number of fused-ring (bicyclic) bond motifs is 1. The highest BCUT2D eigenvalue weighted by atomic mass is 16.7. The molecule has 1 aliphatic heterocycles. The number of carbonyl (C=O) groups excluding carboxylic acids is 1. The molecule has 1 aliphatic rings. The van der Waals surface area contributed by atoms with Crippen molar-refractivity contribution in [2.75, 3.05) is 13.4 Å². The zero-order valence-corrected chi connectivity index (χ0v) is 12.6. The summed E-state index contributed by atoms with van der Waals surface area (Å²) < 4.78 is 11.2. The van der Waals surface area contributed by atoms with Crippen LogP contribution in [0.2, 0.25) is 0 Å². The smallest absolute Gasteiger partial charge is 0.202 e. The molecule has 3 nitrogen and oxygen atoms in total. The first-order chi connectivity index (χ1) is 11.3. The summed E-state index contributed by atoms with van der Waals surface area (Å²) in [6.07, 6.45) is 0. The van der Waals surface area contributed by atoms with E-state index >= 15 is 0 Å². The summed E-state index contributed by atoms with van der Waals surface area (Å²) in [5, 5.41) is 1.98. The van der Waals surface area contributed by atoms with Gasteiger partial charge < -0.3 is 9.47 Å². The van der Waals surface area contributed by atoms with Crippen molar-refractivity contribution >= 4 is 16.6 Å². The Hall–Kier alpha value is -2.49. The predicted octanol–water partition coefficient (Wildman–Crippen LogP) is 3.92. The molecule has 4 rings (SSSR count). The van der Waals surface area contributed by atoms with Crippen molar-refractivity contribution in [2.45, 2.75) is 5.60 Å². The van der Waals surface area contributed by atoms with Gasteiger partial charge in [-0.15, -0.1) is 0 Å². The molecule has 114 valence electrons. The maximum atomic E-state index is 13.4. The number of hydrogen-bond donors (Lipinski definition) is 0. The second kappa shape index (κ2) is 5.61. The van der Waals surface area contributed by atoms with Gasteiger partial charge in [0.2, 0.25) is 5.78 Å². The van der Waals surface area contributed by atoms with E-state index < -0.39 is 5.60 Å². The Kier molecular flexibility index (Phi) is 3.45. The molecule has 3 heteroatoms. The maximum Gasteiger partial charge on any atom is 0.202 e. The number of Topliss-reactive ketones (excluding diaryl/α,β-unsaturated/α-hetero) is 1. The zero-order chi connectivity index (χ0) is 15.7. The Labute approximate surface area is 134 Å². The predicted molar refractivity (Wildman–Crippen MR) is 88.3 cm³/mol. The van der Waals surface area contributed by atoms with Crippen LogP contribution >= 0.6 is 0 Å². The standard InChI is InChI=1S/C20H16O3/c21-19(18-12-6-8-15-7-4-5-11-17(15)18)20(13-22-14-23-20)16-9-2-1-3-10-16/h1-12H,13-14H2. The van der Waals surface area contributed by atoms with Crippen LogP contribution in [-0.2, 0) is 15.1 Å². The van der Waals surface area contributed by atoms with Crippen LogP contribution in [0, 0.1) is 0 Å². The summed E-state index contributed by atoms with van der Waals surface area (Å²) in [7, 11) is 0. The van der Waals surface area contributed by atoms with E-state index in [4.69, 9.17) is 9.47 Å². The van der Waals surface area contributed by atoms with Crippen LogP contribution in [0.25, 0.3) is 10.8 Å². The molecule has 0 bridgehead atoms. The molecule has 1 atom stereocenters. The number of ketones is 1. The molecule has 0 spiro atoms. The third kappa shape index (κ3) is 2.25. The molecule has 1 saturated heterocycles. The number of benzene rings is 3. The van der Waals surface area contributed by atoms with E-state index in [-0.39, 0.29) is 19.2 Å². The van der Waals surface area contributed by atoms with Gasteiger partial charge in [-0.1, -0.05) is 72.8 Å². The van der Waals surface area contributed by atoms with Crippen LogP contribution in [0.3, 0.4) is 0 Å². The van der Waals surface area contributed by atoms with Crippen molar-refractivity contribution < 1.29 is 14.3 Å². The van der Waals surface area contributed by atoms with E-state index in [1.807, 2.05) is 72.8 Å². The Bertz CT molecular complexity index is 844. The van der Waals surface area contributed by atoms with Crippen LogP contribution < -0.4 is 0 Å². The lowest BCUT2D eigenvalue weighted by atomic mass is 9.85. The van der Waals surface area contributed by atoms with E-state index in [1.54, 1.807) is 0 Å². The fraction of sp³-hybridized carbons (Fsp3) is 0.150. The summed E-state index contributed by atoms with van der Waals surface area (Å²) in [5.74, 6) is -0.0574. The molecule has 0 saturated carbocycles. The first-order valence-electron chi connectivity index (χ1n) is 7.61. The highest BCUT2D eigenvalue weighted by Crippen LogP contribution is 2.36. The first-order valence-corrected chi connectivity index (χ1v) is 7.61. The largest absolute Gasteiger partial charge is 0.351 e. The number of ether oxygens (including phenoxy) is 2. The second-order valence-corrected chi connectivity index (χ2v) is 5.66. The van der Waals surface area contributed by atoms with Gasteiger partial charge in [0.25, 0.3) is 0 Å². The molecule has 3 aromatic rings. The molecule has 1 fully saturated rings. The SMILES string of the molecule is O=C(c1cccc2ccccc12)C1(c2ccccc2)COCO1. The average molecular weight is 304 g/mol. The lowest BCUT2D eigenvalue weighted by Gasteiger charge is -2.26. The van der Waals surface area contributed by atoms with Gasteiger partial charge in [0.05, 0.1) is 6.61 Å². The summed E-state index contributed by atoms with van der Waals surface area (Å²) in [6, 6.07) is 23.2. The fourth-order valence-corrected chi connectivity index (χ4v) is 3.15. The Morgan fingerprint density at radius 3 is 2.39 bits per heavy atom. The minimum Gasteiger partial charge on any atom is -0.351 e. The van der Waals surface area contributed by atoms with Crippen LogP contribution in [0.4, 0.5) is 0 Å². The van der Waals surface area contributed by atoms with Crippen LogP contribution in [0.1, 0.15) is 15.9 Å². The van der Waals surface area contributed by atoms with Crippen molar-refractivity contribution in [1.82, 2.24) is 0 Å². The Morgan fingerprint density at radius 1 is 0.870 bits per heavy atom. The van der Waals surface area contributed by atoms with Gasteiger partial charge in [-0.2, -0.15) is 0 Å². The maximum absolute atomic E-state index is 13.4. The summed E-state index contributed by atoms with van der Waals surface area (Å²) in [5.41, 5.74) is 0.429. The molecular weight excluding hydrogens is 288 g/mol. The molecule has 3 aromatic carbocycles. The van der Waals surface area contributed by atoms with Crippen LogP contribution in [0.15, 0.2) is 72.8 Å². The van der Waals surface area contributed by atoms with Gasteiger partial charge in [0.15, 0.2) is 5.60 Å². The van der Waals surface area contributed by atoms with Crippen molar-refractivity contribution in [3.05, 3.63) is 83.9 Å². The molecule has 0 N–H and O–H groups in total. The van der Waals surface area contributed by atoms with Crippen molar-refractivity contribution in [2.24, 2.45) is 0 Å². The zero-order valence-electron chi connectivity index (χ0n) is 12.6. The monoisotopic (exact) mass is 304 g/mol. The molecule has 1 unspecified atom stereocenters. The molecule has 0 aromatic heterocycles. The third-order valence-electron chi connectivity index (χ3n) is 4.34. The topological polar surface area (TPSA) is 35.5 Å². The molecule has 23 heavy (non-hydrogen) atoms. The van der Waals surface area contributed by atoms with Gasteiger partial charge in [-0.3, -0.25) is 4.79 Å². The lowest BCUT2D eigenvalue weighted by molar-refractivity contribution is -0.00221. The van der Waals surface area contributed by atoms with Crippen LogP contribution in [-0.4, -0.2) is 19.2 Å². The van der Waals surface area contributed by atoms with Crippen molar-refractivity contribution in [1.29, 1.82) is 0 Å². The second-order valence-electron chi connectivity index (χ2n) is 5.66. The van der Waals surface area contributed by atoms with E-state index in [1.165, 1.54) is 0 Å². The molecule has 0 aliphatic carbocycles. The van der Waals surface area contributed by atoms with Crippen molar-refractivity contribution in [3.63, 3.8) is 0 Å². The summed E-state index contributed by atoms with van der Waals surface area (Å²) >= 11 is 0. The Balaban J connectivity index is 1.88. The quantitative estimate of drug-likeness (QED) is 0.688. The van der Waals surface area contributed by atoms with Gasteiger partial charge >= 0.3 is 0 Å². The minimum absolute atomic E-state index is 0.0574. The molecule has 0 amide bonds. The van der Waals surface area contributed by atoms with E-state index in [2.05, 4.69) is 0 Å². The molecular formula is C20H16O3. The first kappa shape index (κ1) is 14.1. The number of hydrogen-bond acceptors (Lipinski definition) is 3. The van der Waals surface area contributed by atoms with Gasteiger partial charge in [0.1, 0.15) is 6.79 Å². The highest BCUT2D eigenvalue weighted by Gasteiger charge is 2.46. The molecule has 0 radical (unpaired) electrons. The third-order valence-corrected chi connectivity index (χ3v) is 4.34. The van der Waals surface area contributed by atoms with Crippen molar-refractivity contribution in [3.8, 4) is 0 Å². The average Bonchev–Trinajstić information content (AvgIpc) is 3.12. The minimum atomic E-state index is -1.06. The summed E-state index contributed by atoms with van der Waals surface area (Å²) in [4.78, 5) is 13.4. The number of rotatable bonds is 3. The lowest BCUT2D eigenvalue weighted by Crippen LogP contribution is -2.38.